The Morgan fingerprint density at radius 2 is 1.83 bits per heavy atom. The van der Waals surface area contributed by atoms with E-state index in [9.17, 15) is 8.42 Å². The van der Waals surface area contributed by atoms with E-state index in [0.717, 1.165) is 19.4 Å². The van der Waals surface area contributed by atoms with E-state index in [1.165, 1.54) is 12.0 Å². The lowest BCUT2D eigenvalue weighted by Crippen LogP contribution is -2.43. The Balaban J connectivity index is 1.41. The summed E-state index contributed by atoms with van der Waals surface area (Å²) in [6.07, 6.45) is 3.17. The van der Waals surface area contributed by atoms with Gasteiger partial charge in [-0.3, -0.25) is 0 Å². The van der Waals surface area contributed by atoms with Crippen LogP contribution >= 0.6 is 0 Å². The average Bonchev–Trinajstić information content (AvgIpc) is 3.34. The summed E-state index contributed by atoms with van der Waals surface area (Å²) in [6.45, 7) is 5.91. The van der Waals surface area contributed by atoms with Crippen LogP contribution in [0.5, 0.6) is 0 Å². The fourth-order valence-corrected chi connectivity index (χ4v) is 4.79. The van der Waals surface area contributed by atoms with E-state index >= 15 is 0 Å². The Kier molecular flexibility index (Phi) is 5.09. The molecule has 128 valence electrons. The van der Waals surface area contributed by atoms with Crippen LogP contribution in [-0.2, 0) is 10.0 Å². The maximum atomic E-state index is 12.2. The minimum Gasteiger partial charge on any atom is -0.313 e. The van der Waals surface area contributed by atoms with Gasteiger partial charge in [0.25, 0.3) is 0 Å². The Morgan fingerprint density at radius 1 is 1.17 bits per heavy atom. The van der Waals surface area contributed by atoms with Gasteiger partial charge in [0.15, 0.2) is 0 Å². The van der Waals surface area contributed by atoms with Gasteiger partial charge in [-0.15, -0.1) is 0 Å². The van der Waals surface area contributed by atoms with E-state index in [1.807, 2.05) is 0 Å². The van der Waals surface area contributed by atoms with Crippen molar-refractivity contribution >= 4 is 10.0 Å². The first kappa shape index (κ1) is 16.9. The molecule has 3 rings (SSSR count). The monoisotopic (exact) mass is 336 g/mol. The van der Waals surface area contributed by atoms with Crippen LogP contribution in [0.3, 0.4) is 0 Å². The standard InChI is InChI=1S/C18H28N2O2S/c1-14(2)23(21,22)20-10-8-15(9-11-20)13-19-18-12-17(18)16-6-4-3-5-7-16/h3-7,14-15,17-19H,8-13H2,1-2H3/t17-,18+/m0/s1. The lowest BCUT2D eigenvalue weighted by atomic mass is 9.98. The third kappa shape index (κ3) is 3.95. The minimum absolute atomic E-state index is 0.310. The third-order valence-corrected chi connectivity index (χ3v) is 7.49. The van der Waals surface area contributed by atoms with Crippen molar-refractivity contribution in [2.45, 2.75) is 50.3 Å². The highest BCUT2D eigenvalue weighted by Crippen LogP contribution is 2.40. The third-order valence-electron chi connectivity index (χ3n) is 5.22. The van der Waals surface area contributed by atoms with E-state index in [-0.39, 0.29) is 5.25 Å². The largest absolute Gasteiger partial charge is 0.313 e. The second kappa shape index (κ2) is 6.91. The van der Waals surface area contributed by atoms with Gasteiger partial charge in [-0.05, 0) is 51.1 Å². The molecule has 0 unspecified atom stereocenters. The number of piperidine rings is 1. The molecule has 1 aliphatic heterocycles. The SMILES string of the molecule is CC(C)S(=O)(=O)N1CCC(CN[C@@H]2C[C@H]2c2ccccc2)CC1. The van der Waals surface area contributed by atoms with Crippen molar-refractivity contribution in [2.24, 2.45) is 5.92 Å². The summed E-state index contributed by atoms with van der Waals surface area (Å²) in [7, 11) is -3.07. The molecule has 1 aliphatic carbocycles. The topological polar surface area (TPSA) is 49.4 Å². The first-order valence-electron chi connectivity index (χ1n) is 8.75. The van der Waals surface area contributed by atoms with Gasteiger partial charge in [0.1, 0.15) is 0 Å². The van der Waals surface area contributed by atoms with Crippen LogP contribution in [0.4, 0.5) is 0 Å². The van der Waals surface area contributed by atoms with Gasteiger partial charge in [0.05, 0.1) is 5.25 Å². The van der Waals surface area contributed by atoms with Crippen molar-refractivity contribution in [3.8, 4) is 0 Å². The minimum atomic E-state index is -3.07. The van der Waals surface area contributed by atoms with Crippen molar-refractivity contribution in [3.63, 3.8) is 0 Å². The molecule has 0 aromatic heterocycles. The summed E-state index contributed by atoms with van der Waals surface area (Å²) in [5.41, 5.74) is 1.43. The molecule has 1 aromatic carbocycles. The van der Waals surface area contributed by atoms with Crippen LogP contribution in [0.1, 0.15) is 44.6 Å². The summed E-state index contributed by atoms with van der Waals surface area (Å²) in [5.74, 6) is 1.27. The molecule has 0 amide bonds. The molecule has 2 fully saturated rings. The maximum absolute atomic E-state index is 12.2. The van der Waals surface area contributed by atoms with Crippen LogP contribution < -0.4 is 5.32 Å². The molecule has 1 N–H and O–H groups in total. The number of sulfonamides is 1. The van der Waals surface area contributed by atoms with Crippen molar-refractivity contribution in [3.05, 3.63) is 35.9 Å². The zero-order chi connectivity index (χ0) is 16.4. The molecule has 1 aromatic rings. The number of benzene rings is 1. The van der Waals surface area contributed by atoms with Gasteiger partial charge in [-0.2, -0.15) is 0 Å². The summed E-state index contributed by atoms with van der Waals surface area (Å²) in [4.78, 5) is 0. The second-order valence-corrected chi connectivity index (χ2v) is 9.69. The number of hydrogen-bond acceptors (Lipinski definition) is 3. The predicted octanol–water partition coefficient (Wildman–Crippen LogP) is 2.58. The van der Waals surface area contributed by atoms with Crippen molar-refractivity contribution < 1.29 is 8.42 Å². The highest BCUT2D eigenvalue weighted by molar-refractivity contribution is 7.89. The molecule has 0 spiro atoms. The molecular formula is C18H28N2O2S. The lowest BCUT2D eigenvalue weighted by molar-refractivity contribution is 0.265. The molecule has 4 nitrogen and oxygen atoms in total. The summed E-state index contributed by atoms with van der Waals surface area (Å²) in [6, 6.07) is 11.3. The van der Waals surface area contributed by atoms with Gasteiger partial charge >= 0.3 is 0 Å². The van der Waals surface area contributed by atoms with Gasteiger partial charge in [0, 0.05) is 25.0 Å². The fourth-order valence-electron chi connectivity index (χ4n) is 3.47. The zero-order valence-electron chi connectivity index (χ0n) is 14.1. The molecule has 0 radical (unpaired) electrons. The predicted molar refractivity (Wildman–Crippen MR) is 93.9 cm³/mol. The summed E-state index contributed by atoms with van der Waals surface area (Å²) >= 11 is 0. The van der Waals surface area contributed by atoms with E-state index in [1.54, 1.807) is 18.2 Å². The fraction of sp³-hybridized carbons (Fsp3) is 0.667. The molecule has 1 saturated carbocycles. The lowest BCUT2D eigenvalue weighted by Gasteiger charge is -2.32. The quantitative estimate of drug-likeness (QED) is 0.869. The van der Waals surface area contributed by atoms with Crippen molar-refractivity contribution in [1.82, 2.24) is 9.62 Å². The number of nitrogens with zero attached hydrogens (tertiary/aromatic N) is 1. The average molecular weight is 337 g/mol. The Morgan fingerprint density at radius 3 is 2.43 bits per heavy atom. The normalized spacial score (nSPS) is 26.6. The molecule has 0 bridgehead atoms. The van der Waals surface area contributed by atoms with Crippen LogP contribution in [-0.4, -0.2) is 43.6 Å². The molecule has 1 heterocycles. The number of rotatable bonds is 6. The maximum Gasteiger partial charge on any atom is 0.216 e. The first-order chi connectivity index (χ1) is 11.0. The van der Waals surface area contributed by atoms with Gasteiger partial charge < -0.3 is 5.32 Å². The molecular weight excluding hydrogens is 308 g/mol. The molecule has 5 heteroatoms. The number of hydrogen-bond donors (Lipinski definition) is 1. The smallest absolute Gasteiger partial charge is 0.216 e. The molecule has 23 heavy (non-hydrogen) atoms. The van der Waals surface area contributed by atoms with Gasteiger partial charge in [-0.25, -0.2) is 12.7 Å². The zero-order valence-corrected chi connectivity index (χ0v) is 14.9. The number of nitrogens with one attached hydrogen (secondary N) is 1. The highest BCUT2D eigenvalue weighted by Gasteiger charge is 2.38. The van der Waals surface area contributed by atoms with Gasteiger partial charge in [0.2, 0.25) is 10.0 Å². The Bertz CT molecular complexity index is 607. The van der Waals surface area contributed by atoms with Crippen LogP contribution in [0.15, 0.2) is 30.3 Å². The van der Waals surface area contributed by atoms with E-state index in [2.05, 4.69) is 35.6 Å². The Hall–Kier alpha value is -0.910. The summed E-state index contributed by atoms with van der Waals surface area (Å²) < 4.78 is 26.0. The van der Waals surface area contributed by atoms with Crippen LogP contribution in [0, 0.1) is 5.92 Å². The van der Waals surface area contributed by atoms with Crippen molar-refractivity contribution in [1.29, 1.82) is 0 Å². The molecule has 1 saturated heterocycles. The van der Waals surface area contributed by atoms with Crippen LogP contribution in [0.25, 0.3) is 0 Å². The van der Waals surface area contributed by atoms with E-state index in [0.29, 0.717) is 31.0 Å². The molecule has 2 atom stereocenters. The summed E-state index contributed by atoms with van der Waals surface area (Å²) in [5, 5.41) is 3.37. The Labute approximate surface area is 140 Å². The van der Waals surface area contributed by atoms with Crippen LogP contribution in [0.2, 0.25) is 0 Å². The first-order valence-corrected chi connectivity index (χ1v) is 10.3. The second-order valence-electron chi connectivity index (χ2n) is 7.20. The highest BCUT2D eigenvalue weighted by atomic mass is 32.2. The van der Waals surface area contributed by atoms with E-state index < -0.39 is 10.0 Å². The van der Waals surface area contributed by atoms with E-state index in [4.69, 9.17) is 0 Å². The van der Waals surface area contributed by atoms with Crippen molar-refractivity contribution in [2.75, 3.05) is 19.6 Å². The van der Waals surface area contributed by atoms with Gasteiger partial charge in [-0.1, -0.05) is 30.3 Å². The molecule has 2 aliphatic rings.